The van der Waals surface area contributed by atoms with Crippen molar-refractivity contribution in [2.24, 2.45) is 0 Å². The molecule has 322 valence electrons. The van der Waals surface area contributed by atoms with E-state index in [2.05, 4.69) is 232 Å². The van der Waals surface area contributed by atoms with Crippen LogP contribution in [0.5, 0.6) is 0 Å². The van der Waals surface area contributed by atoms with E-state index >= 15 is 0 Å². The van der Waals surface area contributed by atoms with Crippen LogP contribution < -0.4 is 0 Å². The van der Waals surface area contributed by atoms with Gasteiger partial charge in [0.2, 0.25) is 5.95 Å². The highest BCUT2D eigenvalue weighted by molar-refractivity contribution is 6.27. The molecule has 10 aromatic carbocycles. The standard InChI is InChI=1S/C63H40N6/c1-4-21-41(22-5-1)44-27-20-28-45(39-44)62-64-61(43-25-8-3-9-26-43)65-63(66-62)69-56-38-19-14-33-50(56)58-57(67-53-35-16-11-30-47(53)48-31-12-17-36-54(48)67)40-51-49-32-13-18-37-55(49)68(59(51)60(58)69)52-34-15-10-29-46(52)42-23-6-2-7-24-42/h1-40H. The summed E-state index contributed by atoms with van der Waals surface area (Å²) in [6.45, 7) is 0. The van der Waals surface area contributed by atoms with E-state index in [-0.39, 0.29) is 0 Å². The molecule has 0 bridgehead atoms. The first-order chi connectivity index (χ1) is 34.3. The summed E-state index contributed by atoms with van der Waals surface area (Å²) >= 11 is 0. The normalized spacial score (nSPS) is 11.8. The predicted molar refractivity (Wildman–Crippen MR) is 285 cm³/mol. The van der Waals surface area contributed by atoms with Crippen molar-refractivity contribution in [3.63, 3.8) is 0 Å². The monoisotopic (exact) mass is 880 g/mol. The van der Waals surface area contributed by atoms with Crippen molar-refractivity contribution in [2.45, 2.75) is 0 Å². The number of para-hydroxylation sites is 5. The van der Waals surface area contributed by atoms with Gasteiger partial charge in [-0.3, -0.25) is 4.57 Å². The van der Waals surface area contributed by atoms with E-state index in [9.17, 15) is 0 Å². The number of hydrogen-bond donors (Lipinski definition) is 0. The molecule has 0 amide bonds. The molecular weight excluding hydrogens is 841 g/mol. The zero-order valence-electron chi connectivity index (χ0n) is 37.3. The van der Waals surface area contributed by atoms with Crippen molar-refractivity contribution in [3.05, 3.63) is 243 Å². The molecule has 0 fully saturated rings. The molecule has 69 heavy (non-hydrogen) atoms. The van der Waals surface area contributed by atoms with Gasteiger partial charge in [-0.2, -0.15) is 9.97 Å². The summed E-state index contributed by atoms with van der Waals surface area (Å²) in [5, 5.41) is 6.87. The van der Waals surface area contributed by atoms with Crippen LogP contribution in [0, 0.1) is 0 Å². The molecule has 0 aliphatic rings. The van der Waals surface area contributed by atoms with Gasteiger partial charge in [0.15, 0.2) is 11.6 Å². The van der Waals surface area contributed by atoms with E-state index in [0.717, 1.165) is 99.4 Å². The third kappa shape index (κ3) is 6.09. The lowest BCUT2D eigenvalue weighted by molar-refractivity contribution is 0.953. The van der Waals surface area contributed by atoms with Gasteiger partial charge in [0, 0.05) is 49.0 Å². The van der Waals surface area contributed by atoms with E-state index < -0.39 is 0 Å². The van der Waals surface area contributed by atoms with Crippen molar-refractivity contribution in [1.82, 2.24) is 28.7 Å². The van der Waals surface area contributed by atoms with Gasteiger partial charge in [0.1, 0.15) is 0 Å². The maximum Gasteiger partial charge on any atom is 0.238 e. The first-order valence-corrected chi connectivity index (χ1v) is 23.4. The topological polar surface area (TPSA) is 53.5 Å². The molecule has 0 atom stereocenters. The largest absolute Gasteiger partial charge is 0.309 e. The number of hydrogen-bond acceptors (Lipinski definition) is 3. The van der Waals surface area contributed by atoms with Crippen LogP contribution in [0.25, 0.3) is 128 Å². The van der Waals surface area contributed by atoms with Gasteiger partial charge in [-0.15, -0.1) is 0 Å². The Labute approximate surface area is 397 Å². The zero-order chi connectivity index (χ0) is 45.4. The Morgan fingerprint density at radius 2 is 0.725 bits per heavy atom. The zero-order valence-corrected chi connectivity index (χ0v) is 37.3. The second kappa shape index (κ2) is 15.6. The molecule has 6 nitrogen and oxygen atoms in total. The molecule has 0 aliphatic heterocycles. The Bertz CT molecular complexity index is 4240. The highest BCUT2D eigenvalue weighted by atomic mass is 15.2. The molecular formula is C63H40N6. The van der Waals surface area contributed by atoms with Gasteiger partial charge >= 0.3 is 0 Å². The van der Waals surface area contributed by atoms with E-state index in [4.69, 9.17) is 15.0 Å². The van der Waals surface area contributed by atoms with Gasteiger partial charge in [-0.1, -0.05) is 200 Å². The molecule has 0 saturated heterocycles. The summed E-state index contributed by atoms with van der Waals surface area (Å²) in [6, 6.07) is 86.3. The van der Waals surface area contributed by atoms with Crippen LogP contribution in [-0.4, -0.2) is 28.7 Å². The van der Waals surface area contributed by atoms with Gasteiger partial charge in [-0.25, -0.2) is 4.98 Å². The minimum Gasteiger partial charge on any atom is -0.309 e. The first kappa shape index (κ1) is 38.8. The summed E-state index contributed by atoms with van der Waals surface area (Å²) in [4.78, 5) is 16.3. The fourth-order valence-corrected chi connectivity index (χ4v) is 10.7. The molecule has 0 saturated carbocycles. The SMILES string of the molecule is c1ccc(-c2cccc(-c3nc(-c4ccccc4)nc(-n4c5ccccc5c5c(-n6c7ccccc7c7ccccc76)cc6c7ccccc7n(-c7ccccc7-c7ccccc7)c6c54)n3)c2)cc1. The average molecular weight is 881 g/mol. The molecule has 0 N–H and O–H groups in total. The van der Waals surface area contributed by atoms with Crippen molar-refractivity contribution in [3.8, 4) is 62.4 Å². The Hall–Kier alpha value is -9.39. The molecule has 4 aromatic heterocycles. The molecule has 6 heteroatoms. The number of fused-ring (bicyclic) bond motifs is 10. The maximum absolute atomic E-state index is 5.55. The van der Waals surface area contributed by atoms with Gasteiger partial charge < -0.3 is 9.13 Å². The summed E-state index contributed by atoms with van der Waals surface area (Å²) in [7, 11) is 0. The van der Waals surface area contributed by atoms with E-state index in [0.29, 0.717) is 17.6 Å². The number of benzene rings is 10. The fourth-order valence-electron chi connectivity index (χ4n) is 10.7. The lowest BCUT2D eigenvalue weighted by Gasteiger charge is -2.17. The van der Waals surface area contributed by atoms with E-state index in [1.807, 2.05) is 24.3 Å². The van der Waals surface area contributed by atoms with Crippen molar-refractivity contribution in [2.75, 3.05) is 0 Å². The smallest absolute Gasteiger partial charge is 0.238 e. The van der Waals surface area contributed by atoms with Crippen LogP contribution >= 0.6 is 0 Å². The lowest BCUT2D eigenvalue weighted by Crippen LogP contribution is -2.08. The summed E-state index contributed by atoms with van der Waals surface area (Å²) in [6.07, 6.45) is 0. The Balaban J connectivity index is 1.19. The van der Waals surface area contributed by atoms with Crippen LogP contribution in [0.15, 0.2) is 243 Å². The second-order valence-corrected chi connectivity index (χ2v) is 17.6. The van der Waals surface area contributed by atoms with Crippen LogP contribution in [0.2, 0.25) is 0 Å². The Morgan fingerprint density at radius 1 is 0.261 bits per heavy atom. The Kier molecular flexibility index (Phi) is 8.79. The quantitative estimate of drug-likeness (QED) is 0.160. The summed E-state index contributed by atoms with van der Waals surface area (Å²) < 4.78 is 7.25. The fraction of sp³-hybridized carbons (Fsp3) is 0. The van der Waals surface area contributed by atoms with Crippen LogP contribution in [0.1, 0.15) is 0 Å². The van der Waals surface area contributed by atoms with E-state index in [1.165, 1.54) is 10.8 Å². The van der Waals surface area contributed by atoms with Gasteiger partial charge in [-0.05, 0) is 59.2 Å². The molecule has 14 rings (SSSR count). The number of nitrogens with zero attached hydrogens (tertiary/aromatic N) is 6. The number of aromatic nitrogens is 6. The molecule has 0 unspecified atom stereocenters. The second-order valence-electron chi connectivity index (χ2n) is 17.6. The molecule has 14 aromatic rings. The van der Waals surface area contributed by atoms with Crippen molar-refractivity contribution < 1.29 is 0 Å². The van der Waals surface area contributed by atoms with Crippen LogP contribution in [0.4, 0.5) is 0 Å². The minimum atomic E-state index is 0.531. The Morgan fingerprint density at radius 3 is 1.38 bits per heavy atom. The highest BCUT2D eigenvalue weighted by Crippen LogP contribution is 2.47. The molecule has 0 aliphatic carbocycles. The third-order valence-corrected chi connectivity index (χ3v) is 13.7. The van der Waals surface area contributed by atoms with Crippen molar-refractivity contribution >= 4 is 65.4 Å². The van der Waals surface area contributed by atoms with Gasteiger partial charge in [0.05, 0.1) is 44.5 Å². The van der Waals surface area contributed by atoms with Crippen LogP contribution in [0.3, 0.4) is 0 Å². The van der Waals surface area contributed by atoms with Gasteiger partial charge in [0.25, 0.3) is 0 Å². The predicted octanol–water partition coefficient (Wildman–Crippen LogP) is 15.8. The maximum atomic E-state index is 5.55. The average Bonchev–Trinajstić information content (AvgIpc) is 4.07. The molecule has 0 spiro atoms. The summed E-state index contributed by atoms with van der Waals surface area (Å²) in [5.74, 6) is 1.72. The molecule has 0 radical (unpaired) electrons. The van der Waals surface area contributed by atoms with Crippen LogP contribution in [-0.2, 0) is 0 Å². The number of rotatable bonds is 7. The highest BCUT2D eigenvalue weighted by Gasteiger charge is 2.28. The first-order valence-electron chi connectivity index (χ1n) is 23.4. The lowest BCUT2D eigenvalue weighted by atomic mass is 10.0. The summed E-state index contributed by atoms with van der Waals surface area (Å²) in [5.41, 5.74) is 14.9. The molecule has 4 heterocycles. The minimum absolute atomic E-state index is 0.531. The van der Waals surface area contributed by atoms with Crippen molar-refractivity contribution in [1.29, 1.82) is 0 Å². The van der Waals surface area contributed by atoms with E-state index in [1.54, 1.807) is 0 Å². The third-order valence-electron chi connectivity index (χ3n) is 13.7.